The fourth-order valence-electron chi connectivity index (χ4n) is 2.93. The van der Waals surface area contributed by atoms with Gasteiger partial charge in [0.25, 0.3) is 6.43 Å². The third-order valence-corrected chi connectivity index (χ3v) is 4.91. The van der Waals surface area contributed by atoms with E-state index in [-0.39, 0.29) is 52.1 Å². The number of halogens is 5. The number of alkyl halides is 2. The fourth-order valence-corrected chi connectivity index (χ4v) is 3.48. The van der Waals surface area contributed by atoms with E-state index in [1.807, 2.05) is 0 Å². The number of ether oxygens (including phenoxy) is 2. The van der Waals surface area contributed by atoms with E-state index in [1.165, 1.54) is 18.3 Å². The Labute approximate surface area is 217 Å². The monoisotopic (exact) mass is 550 g/mol. The molecule has 3 amide bonds. The lowest BCUT2D eigenvalue weighted by Gasteiger charge is -2.25. The SMILES string of the molecule is CCN(NC(=O)OC(C)(C)C)C(=O)NCCc1ncc(-c2cc(Cl)cc(Cl)c2OCC(F)F)cc1F. The molecule has 0 bridgehead atoms. The van der Waals surface area contributed by atoms with Gasteiger partial charge < -0.3 is 14.8 Å². The Kier molecular flexibility index (Phi) is 10.5. The summed E-state index contributed by atoms with van der Waals surface area (Å²) in [5, 5.41) is 3.77. The van der Waals surface area contributed by atoms with E-state index >= 15 is 0 Å². The zero-order valence-corrected chi connectivity index (χ0v) is 21.6. The van der Waals surface area contributed by atoms with Crippen LogP contribution >= 0.6 is 23.2 Å². The number of benzene rings is 1. The molecule has 1 aromatic carbocycles. The number of pyridine rings is 1. The third-order valence-electron chi connectivity index (χ3n) is 4.41. The van der Waals surface area contributed by atoms with Crippen LogP contribution in [-0.2, 0) is 11.2 Å². The topological polar surface area (TPSA) is 92.8 Å². The lowest BCUT2D eigenvalue weighted by molar-refractivity contribution is 0.0383. The van der Waals surface area contributed by atoms with E-state index < -0.39 is 36.6 Å². The van der Waals surface area contributed by atoms with Crippen molar-refractivity contribution in [2.75, 3.05) is 19.7 Å². The molecule has 2 aromatic rings. The van der Waals surface area contributed by atoms with E-state index in [2.05, 4.69) is 15.7 Å². The van der Waals surface area contributed by atoms with Crippen LogP contribution in [0.5, 0.6) is 5.75 Å². The van der Waals surface area contributed by atoms with Crippen LogP contribution in [0.1, 0.15) is 33.4 Å². The smallest absolute Gasteiger partial charge is 0.426 e. The first-order valence-electron chi connectivity index (χ1n) is 10.9. The molecule has 1 aromatic heterocycles. The first kappa shape index (κ1) is 29.3. The normalized spacial score (nSPS) is 11.3. The van der Waals surface area contributed by atoms with Crippen molar-refractivity contribution in [2.24, 2.45) is 0 Å². The first-order valence-corrected chi connectivity index (χ1v) is 11.7. The van der Waals surface area contributed by atoms with Gasteiger partial charge in [-0.25, -0.2) is 33.2 Å². The minimum Gasteiger partial charge on any atom is -0.485 e. The van der Waals surface area contributed by atoms with E-state index in [0.29, 0.717) is 0 Å². The van der Waals surface area contributed by atoms with E-state index in [0.717, 1.165) is 11.1 Å². The molecule has 0 aliphatic heterocycles. The molecule has 198 valence electrons. The van der Waals surface area contributed by atoms with Crippen LogP contribution in [0.4, 0.5) is 22.8 Å². The summed E-state index contributed by atoms with van der Waals surface area (Å²) in [5.41, 5.74) is 2.06. The Bertz CT molecular complexity index is 1080. The van der Waals surface area contributed by atoms with E-state index in [9.17, 15) is 22.8 Å². The zero-order valence-electron chi connectivity index (χ0n) is 20.1. The second kappa shape index (κ2) is 12.9. The highest BCUT2D eigenvalue weighted by molar-refractivity contribution is 6.36. The van der Waals surface area contributed by atoms with Crippen LogP contribution in [0.15, 0.2) is 24.4 Å². The minimum absolute atomic E-state index is 0.00850. The van der Waals surface area contributed by atoms with Crippen molar-refractivity contribution in [3.8, 4) is 16.9 Å². The maximum atomic E-state index is 14.8. The van der Waals surface area contributed by atoms with Crippen LogP contribution < -0.4 is 15.5 Å². The standard InChI is InChI=1S/C23H27Cl2F3N4O4/c1-5-32(31-22(34)36-23(2,3)4)21(33)29-7-6-18-17(26)8-13(11-30-18)15-9-14(24)10-16(25)20(15)35-12-19(27)28/h8-11,19H,5-7,12H2,1-4H3,(H,29,33)(H,31,34). The van der Waals surface area contributed by atoms with Crippen molar-refractivity contribution in [2.45, 2.75) is 46.1 Å². The van der Waals surface area contributed by atoms with Gasteiger partial charge in [0.05, 0.1) is 10.7 Å². The van der Waals surface area contributed by atoms with Gasteiger partial charge in [-0.1, -0.05) is 23.2 Å². The Morgan fingerprint density at radius 1 is 1.19 bits per heavy atom. The van der Waals surface area contributed by atoms with Crippen molar-refractivity contribution < 1.29 is 32.2 Å². The Hall–Kier alpha value is -2.92. The molecule has 2 rings (SSSR count). The van der Waals surface area contributed by atoms with Crippen LogP contribution in [0, 0.1) is 5.82 Å². The molecular formula is C23H27Cl2F3N4O4. The van der Waals surface area contributed by atoms with Crippen LogP contribution in [0.3, 0.4) is 0 Å². The van der Waals surface area contributed by atoms with Gasteiger partial charge in [-0.05, 0) is 45.9 Å². The highest BCUT2D eigenvalue weighted by atomic mass is 35.5. The molecule has 13 heteroatoms. The fraction of sp³-hybridized carbons (Fsp3) is 0.435. The number of carbonyl (C=O) groups is 2. The summed E-state index contributed by atoms with van der Waals surface area (Å²) in [6.07, 6.45) is -2.17. The van der Waals surface area contributed by atoms with Crippen LogP contribution in [0.2, 0.25) is 10.0 Å². The van der Waals surface area contributed by atoms with Crippen molar-refractivity contribution in [1.29, 1.82) is 0 Å². The third kappa shape index (κ3) is 8.94. The predicted molar refractivity (Wildman–Crippen MR) is 130 cm³/mol. The summed E-state index contributed by atoms with van der Waals surface area (Å²) in [6, 6.07) is 3.26. The summed E-state index contributed by atoms with van der Waals surface area (Å²) in [6.45, 7) is 5.98. The molecule has 0 saturated heterocycles. The molecular weight excluding hydrogens is 524 g/mol. The maximum Gasteiger partial charge on any atom is 0.426 e. The lowest BCUT2D eigenvalue weighted by Crippen LogP contribution is -2.52. The lowest BCUT2D eigenvalue weighted by atomic mass is 10.1. The van der Waals surface area contributed by atoms with Crippen molar-refractivity contribution in [1.82, 2.24) is 20.7 Å². The maximum absolute atomic E-state index is 14.8. The summed E-state index contributed by atoms with van der Waals surface area (Å²) in [5.74, 6) is -0.767. The van der Waals surface area contributed by atoms with Crippen molar-refractivity contribution in [3.05, 3.63) is 46.0 Å². The summed E-state index contributed by atoms with van der Waals surface area (Å²) >= 11 is 12.1. The number of nitrogens with one attached hydrogen (secondary N) is 2. The number of carbonyl (C=O) groups excluding carboxylic acids is 2. The predicted octanol–water partition coefficient (Wildman–Crippen LogP) is 5.85. The molecule has 1 heterocycles. The molecule has 0 aliphatic rings. The molecule has 0 aliphatic carbocycles. The summed E-state index contributed by atoms with van der Waals surface area (Å²) in [7, 11) is 0. The number of amides is 3. The molecule has 8 nitrogen and oxygen atoms in total. The van der Waals surface area contributed by atoms with Crippen molar-refractivity contribution >= 4 is 35.3 Å². The average Bonchev–Trinajstić information content (AvgIpc) is 2.76. The van der Waals surface area contributed by atoms with Gasteiger partial charge in [-0.3, -0.25) is 4.98 Å². The van der Waals surface area contributed by atoms with E-state index in [4.69, 9.17) is 32.7 Å². The molecule has 0 atom stereocenters. The molecule has 0 fully saturated rings. The van der Waals surface area contributed by atoms with E-state index in [1.54, 1.807) is 27.7 Å². The molecule has 2 N–H and O–H groups in total. The largest absolute Gasteiger partial charge is 0.485 e. The quantitative estimate of drug-likeness (QED) is 0.402. The molecule has 0 unspecified atom stereocenters. The van der Waals surface area contributed by atoms with Gasteiger partial charge in [-0.15, -0.1) is 0 Å². The van der Waals surface area contributed by atoms with Gasteiger partial charge in [0.2, 0.25) is 0 Å². The molecule has 0 saturated carbocycles. The average molecular weight is 551 g/mol. The second-order valence-corrected chi connectivity index (χ2v) is 9.30. The Morgan fingerprint density at radius 2 is 1.89 bits per heavy atom. The number of hydrogen-bond acceptors (Lipinski definition) is 5. The Balaban J connectivity index is 2.06. The van der Waals surface area contributed by atoms with Gasteiger partial charge in [0.1, 0.15) is 23.8 Å². The summed E-state index contributed by atoms with van der Waals surface area (Å²) in [4.78, 5) is 28.3. The molecule has 36 heavy (non-hydrogen) atoms. The van der Waals surface area contributed by atoms with Crippen molar-refractivity contribution in [3.63, 3.8) is 0 Å². The minimum atomic E-state index is -2.74. The number of hydrogen-bond donors (Lipinski definition) is 2. The highest BCUT2D eigenvalue weighted by Gasteiger charge is 2.21. The van der Waals surface area contributed by atoms with Gasteiger partial charge in [0, 0.05) is 41.9 Å². The summed E-state index contributed by atoms with van der Waals surface area (Å²) < 4.78 is 50.3. The first-order chi connectivity index (χ1) is 16.8. The molecule has 0 radical (unpaired) electrons. The number of nitrogens with zero attached hydrogens (tertiary/aromatic N) is 2. The van der Waals surface area contributed by atoms with Gasteiger partial charge >= 0.3 is 12.1 Å². The molecule has 0 spiro atoms. The van der Waals surface area contributed by atoms with Crippen LogP contribution in [0.25, 0.3) is 11.1 Å². The number of aromatic nitrogens is 1. The number of urea groups is 1. The highest BCUT2D eigenvalue weighted by Crippen LogP contribution is 2.39. The Morgan fingerprint density at radius 3 is 2.47 bits per heavy atom. The number of rotatable bonds is 8. The van der Waals surface area contributed by atoms with Gasteiger partial charge in [-0.2, -0.15) is 0 Å². The second-order valence-electron chi connectivity index (χ2n) is 8.46. The van der Waals surface area contributed by atoms with Crippen LogP contribution in [-0.4, -0.2) is 53.8 Å². The number of hydrazine groups is 1. The zero-order chi connectivity index (χ0) is 27.0. The van der Waals surface area contributed by atoms with Gasteiger partial charge in [0.15, 0.2) is 0 Å².